The van der Waals surface area contributed by atoms with Crippen molar-refractivity contribution in [1.29, 1.82) is 0 Å². The molecular weight excluding hydrogens is 304 g/mol. The first kappa shape index (κ1) is 15.5. The lowest BCUT2D eigenvalue weighted by Gasteiger charge is -2.24. The van der Waals surface area contributed by atoms with Gasteiger partial charge in [-0.15, -0.1) is 10.2 Å². The van der Waals surface area contributed by atoms with Gasteiger partial charge in [0.25, 0.3) is 0 Å². The fourth-order valence-corrected chi connectivity index (χ4v) is 3.69. The van der Waals surface area contributed by atoms with Gasteiger partial charge in [-0.25, -0.2) is 9.97 Å². The van der Waals surface area contributed by atoms with E-state index in [2.05, 4.69) is 30.0 Å². The minimum atomic E-state index is 0.388. The maximum atomic E-state index is 5.45. The van der Waals surface area contributed by atoms with Crippen LogP contribution in [0.1, 0.15) is 62.0 Å². The Labute approximate surface area is 141 Å². The Balaban J connectivity index is 1.42. The number of hydrogen-bond donors (Lipinski definition) is 1. The lowest BCUT2D eigenvalue weighted by molar-refractivity contribution is 0.193. The normalized spacial score (nSPS) is 21.9. The van der Waals surface area contributed by atoms with Crippen molar-refractivity contribution in [3.05, 3.63) is 30.2 Å². The van der Waals surface area contributed by atoms with Crippen molar-refractivity contribution in [3.63, 3.8) is 0 Å². The van der Waals surface area contributed by atoms with Crippen LogP contribution in [0.15, 0.2) is 18.7 Å². The molecule has 2 aromatic heterocycles. The zero-order valence-electron chi connectivity index (χ0n) is 13.9. The molecule has 128 valence electrons. The van der Waals surface area contributed by atoms with Gasteiger partial charge >= 0.3 is 0 Å². The molecule has 7 heteroatoms. The lowest BCUT2D eigenvalue weighted by Crippen LogP contribution is -2.17. The number of nitrogens with one attached hydrogen (secondary N) is 1. The molecule has 0 amide bonds. The minimum absolute atomic E-state index is 0.388. The highest BCUT2D eigenvalue weighted by molar-refractivity contribution is 5.36. The predicted octanol–water partition coefficient (Wildman–Crippen LogP) is 2.69. The summed E-state index contributed by atoms with van der Waals surface area (Å²) in [5, 5.41) is 11.8. The van der Waals surface area contributed by atoms with E-state index in [9.17, 15) is 0 Å². The van der Waals surface area contributed by atoms with Crippen LogP contribution < -0.4 is 5.32 Å². The van der Waals surface area contributed by atoms with Gasteiger partial charge in [0, 0.05) is 24.6 Å². The molecule has 0 spiro atoms. The van der Waals surface area contributed by atoms with E-state index < -0.39 is 0 Å². The second-order valence-corrected chi connectivity index (χ2v) is 6.69. The Hall–Kier alpha value is -2.02. The van der Waals surface area contributed by atoms with Crippen LogP contribution >= 0.6 is 0 Å². The maximum Gasteiger partial charge on any atom is 0.152 e. The molecule has 0 radical (unpaired) electrons. The van der Waals surface area contributed by atoms with Gasteiger partial charge in [0.2, 0.25) is 0 Å². The average molecular weight is 328 g/mol. The number of aromatic nitrogens is 5. The second kappa shape index (κ2) is 7.25. The first-order valence-corrected chi connectivity index (χ1v) is 8.92. The molecule has 2 fully saturated rings. The monoisotopic (exact) mass is 328 g/mol. The molecule has 1 saturated carbocycles. The molecule has 2 aliphatic rings. The fourth-order valence-electron chi connectivity index (χ4n) is 3.69. The topological polar surface area (TPSA) is 77.8 Å². The predicted molar refractivity (Wildman–Crippen MR) is 89.7 cm³/mol. The highest BCUT2D eigenvalue weighted by Crippen LogP contribution is 2.29. The molecule has 4 rings (SSSR count). The molecule has 3 heterocycles. The molecule has 1 saturated heterocycles. The molecule has 1 unspecified atom stereocenters. The smallest absolute Gasteiger partial charge is 0.152 e. The van der Waals surface area contributed by atoms with Crippen molar-refractivity contribution in [1.82, 2.24) is 24.7 Å². The van der Waals surface area contributed by atoms with E-state index in [1.165, 1.54) is 32.1 Å². The van der Waals surface area contributed by atoms with E-state index >= 15 is 0 Å². The first-order chi connectivity index (χ1) is 11.9. The lowest BCUT2D eigenvalue weighted by atomic mass is 9.95. The molecule has 0 aromatic carbocycles. The van der Waals surface area contributed by atoms with E-state index in [-0.39, 0.29) is 0 Å². The van der Waals surface area contributed by atoms with E-state index in [4.69, 9.17) is 4.74 Å². The number of hydrogen-bond acceptors (Lipinski definition) is 6. The van der Waals surface area contributed by atoms with Gasteiger partial charge in [-0.3, -0.25) is 0 Å². The largest absolute Gasteiger partial charge is 0.381 e. The Morgan fingerprint density at radius 3 is 2.92 bits per heavy atom. The summed E-state index contributed by atoms with van der Waals surface area (Å²) in [7, 11) is 0. The van der Waals surface area contributed by atoms with E-state index in [0.29, 0.717) is 18.5 Å². The molecular formula is C17H24N6O. The first-order valence-electron chi connectivity index (χ1n) is 8.92. The van der Waals surface area contributed by atoms with Gasteiger partial charge in [0.1, 0.15) is 18.5 Å². The van der Waals surface area contributed by atoms with Crippen molar-refractivity contribution in [2.45, 2.75) is 57.0 Å². The highest BCUT2D eigenvalue weighted by Gasteiger charge is 2.20. The summed E-state index contributed by atoms with van der Waals surface area (Å²) >= 11 is 0. The van der Waals surface area contributed by atoms with Gasteiger partial charge < -0.3 is 14.6 Å². The third kappa shape index (κ3) is 3.40. The maximum absolute atomic E-state index is 5.45. The summed E-state index contributed by atoms with van der Waals surface area (Å²) in [6, 6.07) is 2.57. The average Bonchev–Trinajstić information content (AvgIpc) is 3.33. The van der Waals surface area contributed by atoms with Crippen LogP contribution in [-0.2, 0) is 11.3 Å². The van der Waals surface area contributed by atoms with Gasteiger partial charge in [0.05, 0.1) is 18.8 Å². The summed E-state index contributed by atoms with van der Waals surface area (Å²) in [5.74, 6) is 2.20. The SMILES string of the molecule is c1nc(NCc2nncn2C2CCCCC2)cc(C2CCOC2)n1. The number of anilines is 1. The summed E-state index contributed by atoms with van der Waals surface area (Å²) in [5.41, 5.74) is 1.05. The number of nitrogens with zero attached hydrogens (tertiary/aromatic N) is 5. The van der Waals surface area contributed by atoms with Crippen molar-refractivity contribution >= 4 is 5.82 Å². The fraction of sp³-hybridized carbons (Fsp3) is 0.647. The van der Waals surface area contributed by atoms with Gasteiger partial charge in [0.15, 0.2) is 5.82 Å². The van der Waals surface area contributed by atoms with Crippen molar-refractivity contribution in [2.75, 3.05) is 18.5 Å². The molecule has 24 heavy (non-hydrogen) atoms. The van der Waals surface area contributed by atoms with Crippen molar-refractivity contribution in [3.8, 4) is 0 Å². The molecule has 1 aliphatic heterocycles. The standard InChI is InChI=1S/C17H24N6O/c1-2-4-14(5-3-1)23-12-21-22-17(23)9-18-16-8-15(19-11-20-16)13-6-7-24-10-13/h8,11-14H,1-7,9-10H2,(H,18,19,20). The Kier molecular flexibility index (Phi) is 4.69. The zero-order chi connectivity index (χ0) is 16.2. The van der Waals surface area contributed by atoms with Crippen LogP contribution in [0.25, 0.3) is 0 Å². The van der Waals surface area contributed by atoms with E-state index in [0.717, 1.165) is 37.0 Å². The molecule has 7 nitrogen and oxygen atoms in total. The van der Waals surface area contributed by atoms with Crippen LogP contribution in [0.4, 0.5) is 5.82 Å². The van der Waals surface area contributed by atoms with Gasteiger partial charge in [-0.2, -0.15) is 0 Å². The second-order valence-electron chi connectivity index (χ2n) is 6.69. The third-order valence-corrected chi connectivity index (χ3v) is 5.08. The zero-order valence-corrected chi connectivity index (χ0v) is 13.9. The summed E-state index contributed by atoms with van der Waals surface area (Å²) < 4.78 is 7.69. The number of ether oxygens (including phenoxy) is 1. The van der Waals surface area contributed by atoms with Crippen LogP contribution in [-0.4, -0.2) is 37.9 Å². The molecule has 2 aromatic rings. The van der Waals surface area contributed by atoms with Crippen LogP contribution in [0.5, 0.6) is 0 Å². The van der Waals surface area contributed by atoms with E-state index in [1.807, 2.05) is 12.4 Å². The Bertz CT molecular complexity index is 661. The Morgan fingerprint density at radius 2 is 2.08 bits per heavy atom. The van der Waals surface area contributed by atoms with Crippen LogP contribution in [0.3, 0.4) is 0 Å². The highest BCUT2D eigenvalue weighted by atomic mass is 16.5. The van der Waals surface area contributed by atoms with Gasteiger partial charge in [-0.1, -0.05) is 19.3 Å². The minimum Gasteiger partial charge on any atom is -0.381 e. The Morgan fingerprint density at radius 1 is 1.17 bits per heavy atom. The molecule has 0 bridgehead atoms. The van der Waals surface area contributed by atoms with Crippen LogP contribution in [0, 0.1) is 0 Å². The third-order valence-electron chi connectivity index (χ3n) is 5.08. The summed E-state index contributed by atoms with van der Waals surface area (Å²) in [6.07, 6.45) is 10.9. The van der Waals surface area contributed by atoms with Crippen molar-refractivity contribution < 1.29 is 4.74 Å². The molecule has 1 aliphatic carbocycles. The quantitative estimate of drug-likeness (QED) is 0.909. The van der Waals surface area contributed by atoms with Gasteiger partial charge in [-0.05, 0) is 19.3 Å². The summed E-state index contributed by atoms with van der Waals surface area (Å²) in [4.78, 5) is 8.73. The van der Waals surface area contributed by atoms with Crippen LogP contribution in [0.2, 0.25) is 0 Å². The number of rotatable bonds is 5. The van der Waals surface area contributed by atoms with Crippen molar-refractivity contribution in [2.24, 2.45) is 0 Å². The molecule has 1 atom stereocenters. The molecule has 1 N–H and O–H groups in total. The summed E-state index contributed by atoms with van der Waals surface area (Å²) in [6.45, 7) is 2.21. The van der Waals surface area contributed by atoms with E-state index in [1.54, 1.807) is 6.33 Å².